The Bertz CT molecular complexity index is 957. The summed E-state index contributed by atoms with van der Waals surface area (Å²) in [6.07, 6.45) is 3.31. The van der Waals surface area contributed by atoms with Crippen LogP contribution in [-0.2, 0) is 27.9 Å². The maximum absolute atomic E-state index is 12.6. The number of hydrogen-bond acceptors (Lipinski definition) is 9. The minimum atomic E-state index is -3.73. The molecule has 29 heavy (non-hydrogen) atoms. The Balaban J connectivity index is 1.70. The molecule has 0 bridgehead atoms. The second-order valence-electron chi connectivity index (χ2n) is 6.54. The predicted molar refractivity (Wildman–Crippen MR) is 108 cm³/mol. The summed E-state index contributed by atoms with van der Waals surface area (Å²) in [5.41, 5.74) is 0. The molecule has 10 nitrogen and oxygen atoms in total. The van der Waals surface area contributed by atoms with Crippen LogP contribution in [-0.4, -0.2) is 49.5 Å². The highest BCUT2D eigenvalue weighted by Crippen LogP contribution is 2.22. The fraction of sp³-hybridized carbons (Fsp3) is 0.529. The second-order valence-corrected chi connectivity index (χ2v) is 9.70. The zero-order valence-electron chi connectivity index (χ0n) is 16.3. The average Bonchev–Trinajstić information content (AvgIpc) is 3.21. The van der Waals surface area contributed by atoms with Gasteiger partial charge in [0.05, 0.1) is 20.2 Å². The lowest BCUT2D eigenvalue weighted by molar-refractivity contribution is -0.119. The molecule has 0 spiro atoms. The summed E-state index contributed by atoms with van der Waals surface area (Å²) in [5.74, 6) is 0.615. The first-order valence-corrected chi connectivity index (χ1v) is 11.5. The molecule has 12 heteroatoms. The lowest BCUT2D eigenvalue weighted by Crippen LogP contribution is -2.32. The van der Waals surface area contributed by atoms with Crippen LogP contribution in [0, 0.1) is 0 Å². The van der Waals surface area contributed by atoms with Gasteiger partial charge in [-0.1, -0.05) is 0 Å². The minimum Gasteiger partial charge on any atom is -0.467 e. The number of methoxy groups -OCH3 is 1. The summed E-state index contributed by atoms with van der Waals surface area (Å²) in [7, 11) is -2.27. The van der Waals surface area contributed by atoms with Gasteiger partial charge in [0.25, 0.3) is 0 Å². The van der Waals surface area contributed by atoms with Gasteiger partial charge in [0.2, 0.25) is 21.9 Å². The Hall–Kier alpha value is -2.31. The molecule has 0 aliphatic carbocycles. The molecule has 0 saturated carbocycles. The summed E-state index contributed by atoms with van der Waals surface area (Å²) >= 11 is 1.10. The van der Waals surface area contributed by atoms with Gasteiger partial charge < -0.3 is 15.0 Å². The molecule has 0 aromatic carbocycles. The fourth-order valence-electron chi connectivity index (χ4n) is 2.83. The van der Waals surface area contributed by atoms with Crippen molar-refractivity contribution in [2.24, 2.45) is 0 Å². The van der Waals surface area contributed by atoms with Gasteiger partial charge in [-0.05, 0) is 31.4 Å². The van der Waals surface area contributed by atoms with Gasteiger partial charge in [-0.3, -0.25) is 4.79 Å². The van der Waals surface area contributed by atoms with E-state index in [-0.39, 0.29) is 28.5 Å². The van der Waals surface area contributed by atoms with Crippen molar-refractivity contribution in [1.82, 2.24) is 25.0 Å². The van der Waals surface area contributed by atoms with Gasteiger partial charge in [0.1, 0.15) is 4.21 Å². The summed E-state index contributed by atoms with van der Waals surface area (Å²) < 4.78 is 33.0. The number of aromatic nitrogens is 3. The first kappa shape index (κ1) is 21.4. The minimum absolute atomic E-state index is 0.0824. The first-order chi connectivity index (χ1) is 13.9. The van der Waals surface area contributed by atoms with E-state index in [4.69, 9.17) is 4.74 Å². The number of carbonyl (C=O) groups is 1. The van der Waals surface area contributed by atoms with Crippen LogP contribution in [0.4, 0.5) is 5.95 Å². The summed E-state index contributed by atoms with van der Waals surface area (Å²) in [4.78, 5) is 26.7. The number of carbonyl (C=O) groups excluding carboxylic acids is 1. The molecule has 158 valence electrons. The first-order valence-electron chi connectivity index (χ1n) is 9.24. The molecule has 1 saturated heterocycles. The van der Waals surface area contributed by atoms with Crippen molar-refractivity contribution in [2.75, 3.05) is 25.1 Å². The lowest BCUT2D eigenvalue weighted by atomic mass is 10.1. The van der Waals surface area contributed by atoms with Crippen LogP contribution in [0.1, 0.15) is 36.9 Å². The van der Waals surface area contributed by atoms with Gasteiger partial charge in [0, 0.05) is 24.9 Å². The number of rotatable bonds is 8. The Morgan fingerprint density at radius 2 is 1.93 bits per heavy atom. The second kappa shape index (κ2) is 9.46. The molecule has 1 aliphatic heterocycles. The third-order valence-electron chi connectivity index (χ3n) is 4.30. The Labute approximate surface area is 173 Å². The van der Waals surface area contributed by atoms with E-state index < -0.39 is 10.0 Å². The van der Waals surface area contributed by atoms with Crippen LogP contribution in [0.15, 0.2) is 16.3 Å². The normalized spacial score (nSPS) is 14.6. The van der Waals surface area contributed by atoms with E-state index >= 15 is 0 Å². The molecule has 3 heterocycles. The van der Waals surface area contributed by atoms with Gasteiger partial charge in [-0.25, -0.2) is 13.1 Å². The summed E-state index contributed by atoms with van der Waals surface area (Å²) in [6.45, 7) is 3.32. The fourth-order valence-corrected chi connectivity index (χ4v) is 5.15. The SMILES string of the molecule is COc1nc(CNS(=O)(=O)c2ccc(CNC(C)=O)s2)nc(N2CCCCC2)n1. The van der Waals surface area contributed by atoms with E-state index in [0.717, 1.165) is 42.1 Å². The van der Waals surface area contributed by atoms with Crippen molar-refractivity contribution in [3.05, 3.63) is 22.8 Å². The van der Waals surface area contributed by atoms with Gasteiger partial charge >= 0.3 is 6.01 Å². The molecule has 2 aromatic rings. The number of piperidine rings is 1. The topological polar surface area (TPSA) is 126 Å². The Morgan fingerprint density at radius 3 is 2.62 bits per heavy atom. The smallest absolute Gasteiger partial charge is 0.321 e. The molecule has 2 aromatic heterocycles. The molecule has 0 unspecified atom stereocenters. The molecule has 1 amide bonds. The monoisotopic (exact) mass is 440 g/mol. The summed E-state index contributed by atoms with van der Waals surface area (Å²) in [5, 5.41) is 2.65. The summed E-state index contributed by atoms with van der Waals surface area (Å²) in [6, 6.07) is 3.34. The van der Waals surface area contributed by atoms with Crippen molar-refractivity contribution >= 4 is 33.2 Å². The van der Waals surface area contributed by atoms with Crippen LogP contribution in [0.5, 0.6) is 6.01 Å². The zero-order chi connectivity index (χ0) is 20.9. The molecular weight excluding hydrogens is 416 g/mol. The van der Waals surface area contributed by atoms with Crippen LogP contribution in [0.2, 0.25) is 0 Å². The number of nitrogens with one attached hydrogen (secondary N) is 2. The van der Waals surface area contributed by atoms with Crippen LogP contribution >= 0.6 is 11.3 Å². The van der Waals surface area contributed by atoms with E-state index in [1.165, 1.54) is 26.5 Å². The Morgan fingerprint density at radius 1 is 1.17 bits per heavy atom. The van der Waals surface area contributed by atoms with E-state index in [0.29, 0.717) is 12.5 Å². The molecule has 1 aliphatic rings. The van der Waals surface area contributed by atoms with E-state index in [1.807, 2.05) is 0 Å². The van der Waals surface area contributed by atoms with Crippen LogP contribution < -0.4 is 19.7 Å². The highest BCUT2D eigenvalue weighted by molar-refractivity contribution is 7.91. The van der Waals surface area contributed by atoms with E-state index in [9.17, 15) is 13.2 Å². The molecular formula is C17H24N6O4S2. The number of thiophene rings is 1. The largest absolute Gasteiger partial charge is 0.467 e. The third kappa shape index (κ3) is 5.84. The van der Waals surface area contributed by atoms with E-state index in [2.05, 4.69) is 29.9 Å². The van der Waals surface area contributed by atoms with Crippen molar-refractivity contribution in [1.29, 1.82) is 0 Å². The molecule has 3 rings (SSSR count). The number of amides is 1. The van der Waals surface area contributed by atoms with Gasteiger partial charge in [0.15, 0.2) is 5.82 Å². The number of nitrogens with zero attached hydrogens (tertiary/aromatic N) is 4. The maximum Gasteiger partial charge on any atom is 0.321 e. The van der Waals surface area contributed by atoms with Crippen molar-refractivity contribution in [2.45, 2.75) is 43.5 Å². The lowest BCUT2D eigenvalue weighted by Gasteiger charge is -2.26. The highest BCUT2D eigenvalue weighted by atomic mass is 32.2. The number of anilines is 1. The van der Waals surface area contributed by atoms with Crippen LogP contribution in [0.3, 0.4) is 0 Å². The predicted octanol–water partition coefficient (Wildman–Crippen LogP) is 1.05. The highest BCUT2D eigenvalue weighted by Gasteiger charge is 2.20. The molecule has 2 N–H and O–H groups in total. The average molecular weight is 441 g/mol. The van der Waals surface area contributed by atoms with Crippen molar-refractivity contribution < 1.29 is 17.9 Å². The van der Waals surface area contributed by atoms with Gasteiger partial charge in [-0.15, -0.1) is 11.3 Å². The third-order valence-corrected chi connectivity index (χ3v) is 7.28. The van der Waals surface area contributed by atoms with Crippen molar-refractivity contribution in [3.63, 3.8) is 0 Å². The number of hydrogen-bond donors (Lipinski definition) is 2. The number of sulfonamides is 1. The standard InChI is InChI=1S/C17H24N6O4S2/c1-12(24)18-10-13-6-7-15(28-13)29(25,26)19-11-14-20-16(22-17(21-14)27-2)23-8-4-3-5-9-23/h6-7,19H,3-5,8-11H2,1-2H3,(H,18,24). The molecule has 0 radical (unpaired) electrons. The molecule has 1 fully saturated rings. The quantitative estimate of drug-likeness (QED) is 0.624. The zero-order valence-corrected chi connectivity index (χ0v) is 18.0. The van der Waals surface area contributed by atoms with Gasteiger partial charge in [-0.2, -0.15) is 15.0 Å². The number of ether oxygens (including phenoxy) is 1. The Kier molecular flexibility index (Phi) is 6.98. The molecule has 0 atom stereocenters. The van der Waals surface area contributed by atoms with E-state index in [1.54, 1.807) is 6.07 Å². The van der Waals surface area contributed by atoms with Crippen LogP contribution in [0.25, 0.3) is 0 Å². The van der Waals surface area contributed by atoms with Crippen molar-refractivity contribution in [3.8, 4) is 6.01 Å². The maximum atomic E-state index is 12.6.